The summed E-state index contributed by atoms with van der Waals surface area (Å²) in [5.41, 5.74) is 1.97. The summed E-state index contributed by atoms with van der Waals surface area (Å²) < 4.78 is 29.6. The van der Waals surface area contributed by atoms with Crippen LogP contribution in [0.4, 0.5) is 5.82 Å². The molecular weight excluding hydrogens is 436 g/mol. The van der Waals surface area contributed by atoms with Gasteiger partial charge >= 0.3 is 0 Å². The highest BCUT2D eigenvalue weighted by molar-refractivity contribution is 7.89. The number of aromatic nitrogens is 2. The van der Waals surface area contributed by atoms with Crippen LogP contribution < -0.4 is 5.32 Å². The SMILES string of the molecule is Cc1cc(NC(=O)c2ccc(S(=O)(=O)N(CC(C)C)CC(C)C)cc2)n(-c2ccccc2)n1. The second-order valence-electron chi connectivity index (χ2n) is 9.01. The molecule has 1 aromatic heterocycles. The predicted octanol–water partition coefficient (Wildman–Crippen LogP) is 4.74. The third kappa shape index (κ3) is 6.09. The Morgan fingerprint density at radius 2 is 1.55 bits per heavy atom. The highest BCUT2D eigenvalue weighted by Gasteiger charge is 2.26. The van der Waals surface area contributed by atoms with Gasteiger partial charge in [-0.3, -0.25) is 4.79 Å². The molecule has 1 heterocycles. The van der Waals surface area contributed by atoms with Gasteiger partial charge in [0, 0.05) is 24.7 Å². The van der Waals surface area contributed by atoms with E-state index in [0.29, 0.717) is 24.5 Å². The molecule has 8 heteroatoms. The van der Waals surface area contributed by atoms with Gasteiger partial charge in [0.1, 0.15) is 5.82 Å². The maximum Gasteiger partial charge on any atom is 0.256 e. The molecule has 33 heavy (non-hydrogen) atoms. The lowest BCUT2D eigenvalue weighted by molar-refractivity contribution is 0.102. The minimum absolute atomic E-state index is 0.186. The van der Waals surface area contributed by atoms with E-state index in [9.17, 15) is 13.2 Å². The molecule has 3 rings (SSSR count). The van der Waals surface area contributed by atoms with Crippen LogP contribution in [0.15, 0.2) is 65.6 Å². The Bertz CT molecular complexity index is 1170. The van der Waals surface area contributed by atoms with Crippen molar-refractivity contribution in [3.8, 4) is 5.69 Å². The molecule has 0 bridgehead atoms. The van der Waals surface area contributed by atoms with Gasteiger partial charge in [0.05, 0.1) is 16.3 Å². The average molecular weight is 469 g/mol. The minimum Gasteiger partial charge on any atom is -0.306 e. The van der Waals surface area contributed by atoms with E-state index < -0.39 is 10.0 Å². The van der Waals surface area contributed by atoms with E-state index >= 15 is 0 Å². The molecule has 7 nitrogen and oxygen atoms in total. The summed E-state index contributed by atoms with van der Waals surface area (Å²) in [6.07, 6.45) is 0. The Hall–Kier alpha value is -2.97. The largest absolute Gasteiger partial charge is 0.306 e. The number of nitrogens with one attached hydrogen (secondary N) is 1. The van der Waals surface area contributed by atoms with Crippen LogP contribution in [0.5, 0.6) is 0 Å². The van der Waals surface area contributed by atoms with Gasteiger partial charge in [-0.05, 0) is 55.2 Å². The first-order chi connectivity index (χ1) is 15.6. The van der Waals surface area contributed by atoms with Crippen molar-refractivity contribution in [2.24, 2.45) is 11.8 Å². The fourth-order valence-corrected chi connectivity index (χ4v) is 5.32. The Morgan fingerprint density at radius 3 is 2.09 bits per heavy atom. The first kappa shape index (κ1) is 24.7. The number of hydrogen-bond donors (Lipinski definition) is 1. The summed E-state index contributed by atoms with van der Waals surface area (Å²) >= 11 is 0. The Labute approximate surface area is 196 Å². The van der Waals surface area contributed by atoms with Crippen molar-refractivity contribution >= 4 is 21.7 Å². The Kier molecular flexibility index (Phi) is 7.71. The van der Waals surface area contributed by atoms with Crippen LogP contribution >= 0.6 is 0 Å². The molecule has 0 unspecified atom stereocenters. The third-order valence-electron chi connectivity index (χ3n) is 4.97. The molecule has 2 aromatic carbocycles. The smallest absolute Gasteiger partial charge is 0.256 e. The number of rotatable bonds is 9. The standard InChI is InChI=1S/C25H32N4O3S/c1-18(2)16-28(17-19(3)4)33(31,32)23-13-11-21(12-14-23)25(30)26-24-15-20(5)27-29(24)22-9-7-6-8-10-22/h6-15,18-19H,16-17H2,1-5H3,(H,26,30). The topological polar surface area (TPSA) is 84.3 Å². The number of sulfonamides is 1. The monoisotopic (exact) mass is 468 g/mol. The van der Waals surface area contributed by atoms with Gasteiger partial charge in [-0.1, -0.05) is 45.9 Å². The van der Waals surface area contributed by atoms with E-state index in [1.807, 2.05) is 65.0 Å². The lowest BCUT2D eigenvalue weighted by Gasteiger charge is -2.25. The van der Waals surface area contributed by atoms with Gasteiger partial charge in [0.2, 0.25) is 10.0 Å². The van der Waals surface area contributed by atoms with Gasteiger partial charge in [-0.2, -0.15) is 9.40 Å². The van der Waals surface area contributed by atoms with Gasteiger partial charge < -0.3 is 5.32 Å². The van der Waals surface area contributed by atoms with Crippen LogP contribution in [0, 0.1) is 18.8 Å². The minimum atomic E-state index is -3.64. The van der Waals surface area contributed by atoms with E-state index in [4.69, 9.17) is 0 Å². The summed E-state index contributed by atoms with van der Waals surface area (Å²) in [5.74, 6) is 0.626. The number of aryl methyl sites for hydroxylation is 1. The molecule has 0 aliphatic heterocycles. The molecule has 0 aliphatic carbocycles. The van der Waals surface area contributed by atoms with Crippen molar-refractivity contribution in [3.05, 3.63) is 71.9 Å². The molecule has 0 radical (unpaired) electrons. The quantitative estimate of drug-likeness (QED) is 0.492. The van der Waals surface area contributed by atoms with Crippen molar-refractivity contribution in [1.29, 1.82) is 0 Å². The third-order valence-corrected chi connectivity index (χ3v) is 6.81. The lowest BCUT2D eigenvalue weighted by Crippen LogP contribution is -2.37. The number of carbonyl (C=O) groups is 1. The van der Waals surface area contributed by atoms with Crippen LogP contribution in [-0.2, 0) is 10.0 Å². The molecule has 0 saturated heterocycles. The van der Waals surface area contributed by atoms with E-state index in [0.717, 1.165) is 11.4 Å². The zero-order valence-electron chi connectivity index (χ0n) is 19.8. The number of anilines is 1. The van der Waals surface area contributed by atoms with Gasteiger partial charge in [-0.25, -0.2) is 13.1 Å². The molecule has 0 fully saturated rings. The van der Waals surface area contributed by atoms with Crippen LogP contribution in [0.1, 0.15) is 43.7 Å². The number of carbonyl (C=O) groups excluding carboxylic acids is 1. The first-order valence-electron chi connectivity index (χ1n) is 11.1. The van der Waals surface area contributed by atoms with Gasteiger partial charge in [0.25, 0.3) is 5.91 Å². The fourth-order valence-electron chi connectivity index (χ4n) is 3.56. The average Bonchev–Trinajstić information content (AvgIpc) is 3.13. The van der Waals surface area contributed by atoms with Crippen LogP contribution in [0.2, 0.25) is 0 Å². The summed E-state index contributed by atoms with van der Waals surface area (Å²) in [6.45, 7) is 10.7. The van der Waals surface area contributed by atoms with Crippen molar-refractivity contribution in [1.82, 2.24) is 14.1 Å². The van der Waals surface area contributed by atoms with Crippen molar-refractivity contribution in [2.75, 3.05) is 18.4 Å². The summed E-state index contributed by atoms with van der Waals surface area (Å²) in [5, 5.41) is 7.34. The predicted molar refractivity (Wildman–Crippen MR) is 131 cm³/mol. The Balaban J connectivity index is 1.81. The van der Waals surface area contributed by atoms with E-state index in [1.165, 1.54) is 16.4 Å². The van der Waals surface area contributed by atoms with Crippen LogP contribution in [0.25, 0.3) is 5.69 Å². The summed E-state index contributed by atoms with van der Waals surface area (Å²) in [7, 11) is -3.64. The number of benzene rings is 2. The zero-order chi connectivity index (χ0) is 24.2. The number of amides is 1. The number of hydrogen-bond acceptors (Lipinski definition) is 4. The summed E-state index contributed by atoms with van der Waals surface area (Å²) in [4.78, 5) is 13.1. The molecule has 0 spiro atoms. The second-order valence-corrected chi connectivity index (χ2v) is 10.9. The highest BCUT2D eigenvalue weighted by Crippen LogP contribution is 2.21. The molecule has 1 N–H and O–H groups in total. The van der Waals surface area contributed by atoms with E-state index in [2.05, 4.69) is 10.4 Å². The molecular formula is C25H32N4O3S. The Morgan fingerprint density at radius 1 is 0.970 bits per heavy atom. The first-order valence-corrected chi connectivity index (χ1v) is 12.6. The fraction of sp³-hybridized carbons (Fsp3) is 0.360. The highest BCUT2D eigenvalue weighted by atomic mass is 32.2. The molecule has 0 atom stereocenters. The van der Waals surface area contributed by atoms with Crippen molar-refractivity contribution in [3.63, 3.8) is 0 Å². The molecule has 176 valence electrons. The number of para-hydroxylation sites is 1. The van der Waals surface area contributed by atoms with Gasteiger partial charge in [-0.15, -0.1) is 0 Å². The normalized spacial score (nSPS) is 12.0. The van der Waals surface area contributed by atoms with Gasteiger partial charge in [0.15, 0.2) is 0 Å². The van der Waals surface area contributed by atoms with Crippen LogP contribution in [-0.4, -0.2) is 41.5 Å². The van der Waals surface area contributed by atoms with Crippen molar-refractivity contribution in [2.45, 2.75) is 39.5 Å². The maximum absolute atomic E-state index is 13.2. The maximum atomic E-state index is 13.2. The van der Waals surface area contributed by atoms with E-state index in [1.54, 1.807) is 22.9 Å². The van der Waals surface area contributed by atoms with Crippen molar-refractivity contribution < 1.29 is 13.2 Å². The lowest BCUT2D eigenvalue weighted by atomic mass is 10.2. The summed E-state index contributed by atoms with van der Waals surface area (Å²) in [6, 6.07) is 17.4. The molecule has 0 aliphatic rings. The zero-order valence-corrected chi connectivity index (χ0v) is 20.6. The van der Waals surface area contributed by atoms with E-state index in [-0.39, 0.29) is 22.6 Å². The van der Waals surface area contributed by atoms with Crippen LogP contribution in [0.3, 0.4) is 0 Å². The second kappa shape index (κ2) is 10.3. The molecule has 3 aromatic rings. The molecule has 1 amide bonds. The molecule has 0 saturated carbocycles. The number of nitrogens with zero attached hydrogens (tertiary/aromatic N) is 3.